The molecule has 4 rings (SSSR count). The number of hydrogen-bond acceptors (Lipinski definition) is 9. The molecule has 1 unspecified atom stereocenters. The number of likely N-dealkylation sites (tertiary alicyclic amines) is 1. The van der Waals surface area contributed by atoms with Crippen LogP contribution in [0.2, 0.25) is 0 Å². The molecule has 1 saturated heterocycles. The molecular formula is C23H30N8O4S. The van der Waals surface area contributed by atoms with Gasteiger partial charge in [0.1, 0.15) is 28.6 Å². The van der Waals surface area contributed by atoms with Crippen molar-refractivity contribution < 1.29 is 17.9 Å². The third kappa shape index (κ3) is 6.10. The van der Waals surface area contributed by atoms with Crippen LogP contribution in [-0.2, 0) is 10.0 Å². The van der Waals surface area contributed by atoms with Crippen molar-refractivity contribution >= 4 is 33.3 Å². The van der Waals surface area contributed by atoms with Crippen LogP contribution in [0.25, 0.3) is 11.3 Å². The summed E-state index contributed by atoms with van der Waals surface area (Å²) >= 11 is 0. The molecular weight excluding hydrogens is 484 g/mol. The van der Waals surface area contributed by atoms with Gasteiger partial charge < -0.3 is 20.7 Å². The number of primary amides is 1. The maximum Gasteiger partial charge on any atom is 0.254 e. The van der Waals surface area contributed by atoms with E-state index in [1.807, 2.05) is 0 Å². The van der Waals surface area contributed by atoms with E-state index >= 15 is 0 Å². The van der Waals surface area contributed by atoms with Crippen molar-refractivity contribution in [2.45, 2.75) is 19.8 Å². The first-order valence-corrected chi connectivity index (χ1v) is 13.3. The van der Waals surface area contributed by atoms with E-state index < -0.39 is 15.9 Å². The lowest BCUT2D eigenvalue weighted by Crippen LogP contribution is -2.34. The first kappa shape index (κ1) is 25.4. The molecule has 0 aliphatic carbocycles. The third-order valence-corrected chi connectivity index (χ3v) is 7.22. The topological polar surface area (TPSA) is 168 Å². The van der Waals surface area contributed by atoms with Gasteiger partial charge in [-0.2, -0.15) is 5.10 Å². The zero-order valence-corrected chi connectivity index (χ0v) is 21.0. The zero-order chi connectivity index (χ0) is 25.7. The normalized spacial score (nSPS) is 16.4. The average Bonchev–Trinajstić information content (AvgIpc) is 3.28. The van der Waals surface area contributed by atoms with Gasteiger partial charge in [0.15, 0.2) is 0 Å². The molecule has 2 aromatic heterocycles. The lowest BCUT2D eigenvalue weighted by atomic mass is 9.99. The number of nitrogens with zero attached hydrogens (tertiary/aromatic N) is 4. The predicted molar refractivity (Wildman–Crippen MR) is 137 cm³/mol. The van der Waals surface area contributed by atoms with E-state index in [0.29, 0.717) is 41.0 Å². The largest absolute Gasteiger partial charge is 0.491 e. The third-order valence-electron chi connectivity index (χ3n) is 5.93. The molecule has 1 fully saturated rings. The Morgan fingerprint density at radius 1 is 1.33 bits per heavy atom. The quantitative estimate of drug-likeness (QED) is 0.317. The number of aromatic amines is 1. The monoisotopic (exact) mass is 514 g/mol. The molecule has 1 atom stereocenters. The number of hydrogen-bond donors (Lipinski definition) is 4. The molecule has 3 aromatic rings. The van der Waals surface area contributed by atoms with Crippen LogP contribution < -0.4 is 20.5 Å². The number of carbonyl (C=O) groups excluding carboxylic acids is 1. The van der Waals surface area contributed by atoms with Crippen LogP contribution in [0.15, 0.2) is 36.8 Å². The molecule has 36 heavy (non-hydrogen) atoms. The number of nitrogens with one attached hydrogen (secondary N) is 3. The molecule has 0 radical (unpaired) electrons. The van der Waals surface area contributed by atoms with Crippen LogP contribution in [0.1, 0.15) is 30.1 Å². The Labute approximate surface area is 209 Å². The van der Waals surface area contributed by atoms with Gasteiger partial charge in [0.05, 0.1) is 24.2 Å². The minimum Gasteiger partial charge on any atom is -0.491 e. The van der Waals surface area contributed by atoms with Crippen LogP contribution in [-0.4, -0.2) is 71.9 Å². The molecule has 0 saturated carbocycles. The fourth-order valence-corrected chi connectivity index (χ4v) is 4.75. The zero-order valence-electron chi connectivity index (χ0n) is 20.2. The molecule has 5 N–H and O–H groups in total. The van der Waals surface area contributed by atoms with Gasteiger partial charge in [-0.25, -0.2) is 13.4 Å². The summed E-state index contributed by atoms with van der Waals surface area (Å²) in [4.78, 5) is 22.7. The van der Waals surface area contributed by atoms with E-state index in [-0.39, 0.29) is 17.1 Å². The lowest BCUT2D eigenvalue weighted by molar-refractivity contribution is 0.100. The highest BCUT2D eigenvalue weighted by atomic mass is 32.2. The Balaban J connectivity index is 1.67. The number of rotatable bonds is 10. The number of aromatic nitrogens is 4. The number of anilines is 3. The maximum absolute atomic E-state index is 12.4. The second kappa shape index (κ2) is 10.9. The average molecular weight is 515 g/mol. The van der Waals surface area contributed by atoms with Crippen molar-refractivity contribution in [3.05, 3.63) is 42.4 Å². The molecule has 192 valence electrons. The van der Waals surface area contributed by atoms with Crippen molar-refractivity contribution in [2.75, 3.05) is 42.5 Å². The van der Waals surface area contributed by atoms with E-state index in [2.05, 4.69) is 42.2 Å². The van der Waals surface area contributed by atoms with Gasteiger partial charge in [-0.05, 0) is 45.5 Å². The van der Waals surface area contributed by atoms with E-state index in [1.165, 1.54) is 18.6 Å². The standard InChI is InChI=1S/C23H30N8O4S/c1-3-36(33,34)30-17-7-6-16(11-18(17)35-14-15-5-4-10-31(2)13-15)21-20(22(24)32)23(29-28-21)27-19-12-25-8-9-26-19/h6-9,11-12,15,30H,3-5,10,13-14H2,1-2H3,(H2,24,32)(H2,26,27,28,29). The Bertz CT molecular complexity index is 1310. The highest BCUT2D eigenvalue weighted by Crippen LogP contribution is 2.35. The summed E-state index contributed by atoms with van der Waals surface area (Å²) in [6.45, 7) is 3.94. The highest BCUT2D eigenvalue weighted by molar-refractivity contribution is 7.92. The fraction of sp³-hybridized carbons (Fsp3) is 0.391. The van der Waals surface area contributed by atoms with E-state index in [0.717, 1.165) is 25.9 Å². The summed E-state index contributed by atoms with van der Waals surface area (Å²) in [6.07, 6.45) is 6.64. The summed E-state index contributed by atoms with van der Waals surface area (Å²) in [5, 5.41) is 10.0. The Hall–Kier alpha value is -3.71. The summed E-state index contributed by atoms with van der Waals surface area (Å²) in [5.74, 6) is 0.553. The van der Waals surface area contributed by atoms with Gasteiger partial charge in [-0.3, -0.25) is 19.6 Å². The SMILES string of the molecule is CCS(=O)(=O)Nc1ccc(-c2n[nH]c(Nc3cnccn3)c2C(N)=O)cc1OCC1CCCN(C)C1. The molecule has 3 heterocycles. The van der Waals surface area contributed by atoms with Gasteiger partial charge in [0, 0.05) is 30.4 Å². The van der Waals surface area contributed by atoms with Crippen molar-refractivity contribution in [1.82, 2.24) is 25.1 Å². The molecule has 0 spiro atoms. The van der Waals surface area contributed by atoms with Crippen LogP contribution in [0, 0.1) is 5.92 Å². The molecule has 1 amide bonds. The maximum atomic E-state index is 12.4. The second-order valence-electron chi connectivity index (χ2n) is 8.70. The molecule has 13 heteroatoms. The predicted octanol–water partition coefficient (Wildman–Crippen LogP) is 2.19. The number of sulfonamides is 1. The summed E-state index contributed by atoms with van der Waals surface area (Å²) in [5.41, 5.74) is 6.95. The number of benzene rings is 1. The Morgan fingerprint density at radius 3 is 2.86 bits per heavy atom. The van der Waals surface area contributed by atoms with Crippen molar-refractivity contribution in [3.63, 3.8) is 0 Å². The number of piperidine rings is 1. The van der Waals surface area contributed by atoms with Crippen LogP contribution >= 0.6 is 0 Å². The summed E-state index contributed by atoms with van der Waals surface area (Å²) < 4.78 is 33.3. The van der Waals surface area contributed by atoms with Crippen molar-refractivity contribution in [2.24, 2.45) is 11.7 Å². The first-order chi connectivity index (χ1) is 17.3. The molecule has 0 bridgehead atoms. The van der Waals surface area contributed by atoms with Crippen LogP contribution in [0.5, 0.6) is 5.75 Å². The number of carbonyl (C=O) groups is 1. The van der Waals surface area contributed by atoms with Gasteiger partial charge >= 0.3 is 0 Å². The number of nitrogens with two attached hydrogens (primary N) is 1. The van der Waals surface area contributed by atoms with Gasteiger partial charge in [0.25, 0.3) is 5.91 Å². The van der Waals surface area contributed by atoms with Gasteiger partial charge in [-0.1, -0.05) is 6.07 Å². The number of amides is 1. The van der Waals surface area contributed by atoms with Crippen LogP contribution in [0.4, 0.5) is 17.3 Å². The van der Waals surface area contributed by atoms with Crippen molar-refractivity contribution in [1.29, 1.82) is 0 Å². The summed E-state index contributed by atoms with van der Waals surface area (Å²) in [7, 11) is -1.46. The first-order valence-electron chi connectivity index (χ1n) is 11.6. The molecule has 1 aliphatic rings. The minimum atomic E-state index is -3.53. The smallest absolute Gasteiger partial charge is 0.254 e. The Morgan fingerprint density at radius 2 is 2.17 bits per heavy atom. The molecule has 12 nitrogen and oxygen atoms in total. The molecule has 1 aromatic carbocycles. The lowest BCUT2D eigenvalue weighted by Gasteiger charge is -2.29. The minimum absolute atomic E-state index is 0.0792. The van der Waals surface area contributed by atoms with Crippen LogP contribution in [0.3, 0.4) is 0 Å². The molecule has 1 aliphatic heterocycles. The highest BCUT2D eigenvalue weighted by Gasteiger charge is 2.23. The Kier molecular flexibility index (Phi) is 7.70. The number of ether oxygens (including phenoxy) is 1. The van der Waals surface area contributed by atoms with Gasteiger partial charge in [0.2, 0.25) is 10.0 Å². The fourth-order valence-electron chi connectivity index (χ4n) is 4.10. The van der Waals surface area contributed by atoms with Crippen molar-refractivity contribution in [3.8, 4) is 17.0 Å². The second-order valence-corrected chi connectivity index (χ2v) is 10.7. The summed E-state index contributed by atoms with van der Waals surface area (Å²) in [6, 6.07) is 4.92. The number of H-pyrrole nitrogens is 1. The van der Waals surface area contributed by atoms with E-state index in [9.17, 15) is 13.2 Å². The van der Waals surface area contributed by atoms with E-state index in [1.54, 1.807) is 25.1 Å². The van der Waals surface area contributed by atoms with E-state index in [4.69, 9.17) is 10.5 Å². The van der Waals surface area contributed by atoms with Gasteiger partial charge in [-0.15, -0.1) is 0 Å².